The van der Waals surface area contributed by atoms with E-state index in [0.717, 1.165) is 59.3 Å². The van der Waals surface area contributed by atoms with Crippen molar-refractivity contribution in [2.24, 2.45) is 5.73 Å². The van der Waals surface area contributed by atoms with Crippen molar-refractivity contribution >= 4 is 27.4 Å². The molecule has 172 valence electrons. The third-order valence-electron chi connectivity index (χ3n) is 6.09. The van der Waals surface area contributed by atoms with Crippen molar-refractivity contribution in [1.82, 2.24) is 15.0 Å². The van der Waals surface area contributed by atoms with Crippen LogP contribution < -0.4 is 11.1 Å². The molecule has 7 heteroatoms. The molecule has 1 saturated carbocycles. The van der Waals surface area contributed by atoms with E-state index in [1.807, 2.05) is 35.7 Å². The van der Waals surface area contributed by atoms with Gasteiger partial charge in [-0.25, -0.2) is 9.97 Å². The molecule has 0 amide bonds. The summed E-state index contributed by atoms with van der Waals surface area (Å²) in [6.07, 6.45) is 7.73. The highest BCUT2D eigenvalue weighted by molar-refractivity contribution is 7.18. The summed E-state index contributed by atoms with van der Waals surface area (Å²) in [7, 11) is 0. The first-order chi connectivity index (χ1) is 16.6. The van der Waals surface area contributed by atoms with Crippen molar-refractivity contribution in [3.63, 3.8) is 0 Å². The number of nitrogens with zero attached hydrogens (tertiary/aromatic N) is 3. The lowest BCUT2D eigenvalue weighted by Crippen LogP contribution is -2.31. The van der Waals surface area contributed by atoms with Gasteiger partial charge in [0.25, 0.3) is 0 Å². The number of thiophene rings is 1. The van der Waals surface area contributed by atoms with E-state index in [9.17, 15) is 5.11 Å². The molecular weight excluding hydrogens is 442 g/mol. The summed E-state index contributed by atoms with van der Waals surface area (Å²) in [6, 6.07) is 14.0. The van der Waals surface area contributed by atoms with Crippen LogP contribution in [0.25, 0.3) is 21.6 Å². The fourth-order valence-corrected chi connectivity index (χ4v) is 5.15. The molecule has 4 aromatic rings. The first-order valence-corrected chi connectivity index (χ1v) is 12.5. The van der Waals surface area contributed by atoms with Gasteiger partial charge in [-0.1, -0.05) is 42.2 Å². The number of pyridine rings is 1. The highest BCUT2D eigenvalue weighted by Crippen LogP contribution is 2.33. The molecule has 0 saturated heterocycles. The van der Waals surface area contributed by atoms with Gasteiger partial charge < -0.3 is 16.2 Å². The van der Waals surface area contributed by atoms with Gasteiger partial charge in [0.15, 0.2) is 5.82 Å². The summed E-state index contributed by atoms with van der Waals surface area (Å²) in [4.78, 5) is 13.8. The highest BCUT2D eigenvalue weighted by Gasteiger charge is 2.28. The van der Waals surface area contributed by atoms with E-state index >= 15 is 0 Å². The van der Waals surface area contributed by atoms with E-state index in [-0.39, 0.29) is 6.04 Å². The molecule has 4 N–H and O–H groups in total. The fraction of sp³-hybridized carbons (Fsp3) is 0.296. The lowest BCUT2D eigenvalue weighted by atomic mass is 10.0. The third-order valence-corrected chi connectivity index (χ3v) is 7.06. The van der Waals surface area contributed by atoms with E-state index < -0.39 is 5.60 Å². The minimum atomic E-state index is -0.888. The van der Waals surface area contributed by atoms with Crippen LogP contribution in [-0.2, 0) is 6.42 Å². The molecule has 5 rings (SSSR count). The van der Waals surface area contributed by atoms with E-state index in [1.165, 1.54) is 5.56 Å². The number of benzene rings is 1. The second-order valence-electron chi connectivity index (χ2n) is 8.78. The molecular formula is C27H27N5OS. The van der Waals surface area contributed by atoms with E-state index in [2.05, 4.69) is 34.3 Å². The monoisotopic (exact) mass is 469 g/mol. The lowest BCUT2D eigenvalue weighted by Gasteiger charge is -2.14. The Labute approximate surface area is 203 Å². The summed E-state index contributed by atoms with van der Waals surface area (Å²) in [5.74, 6) is 7.67. The van der Waals surface area contributed by atoms with Crippen LogP contribution in [0.2, 0.25) is 0 Å². The van der Waals surface area contributed by atoms with Crippen molar-refractivity contribution in [3.05, 3.63) is 71.4 Å². The standard InChI is InChI=1S/C27H27N5OS/c28-22(16-19-6-2-1-3-7-19)17-30-26-24-23(31-25(32-26)20-9-14-29-15-10-20)21(18-34-24)8-13-27(33)11-4-5-12-27/h1-3,6-7,9-10,14-15,18,22,33H,4-5,11-12,16-17,28H2,(H,30,31,32). The second kappa shape index (κ2) is 9.90. The maximum absolute atomic E-state index is 10.7. The molecule has 3 aromatic heterocycles. The Kier molecular flexibility index (Phi) is 6.54. The fourth-order valence-electron chi connectivity index (χ4n) is 4.24. The zero-order chi connectivity index (χ0) is 23.4. The predicted molar refractivity (Wildman–Crippen MR) is 138 cm³/mol. The molecule has 1 aliphatic carbocycles. The molecule has 34 heavy (non-hydrogen) atoms. The number of fused-ring (bicyclic) bond motifs is 1. The Morgan fingerprint density at radius 1 is 1.09 bits per heavy atom. The van der Waals surface area contributed by atoms with Gasteiger partial charge in [0, 0.05) is 35.9 Å². The van der Waals surface area contributed by atoms with Gasteiger partial charge >= 0.3 is 0 Å². The summed E-state index contributed by atoms with van der Waals surface area (Å²) < 4.78 is 0.937. The van der Waals surface area contributed by atoms with Gasteiger partial charge in [-0.3, -0.25) is 4.98 Å². The molecule has 0 radical (unpaired) electrons. The number of aliphatic hydroxyl groups is 1. The molecule has 1 aliphatic rings. The molecule has 1 unspecified atom stereocenters. The van der Waals surface area contributed by atoms with E-state index in [0.29, 0.717) is 12.4 Å². The van der Waals surface area contributed by atoms with Gasteiger partial charge in [0.05, 0.1) is 10.3 Å². The molecule has 0 aliphatic heterocycles. The Morgan fingerprint density at radius 2 is 1.85 bits per heavy atom. The molecule has 0 spiro atoms. The average Bonchev–Trinajstić information content (AvgIpc) is 3.49. The Bertz CT molecular complexity index is 1320. The van der Waals surface area contributed by atoms with Gasteiger partial charge in [0.2, 0.25) is 0 Å². The van der Waals surface area contributed by atoms with Crippen molar-refractivity contribution in [2.75, 3.05) is 11.9 Å². The topological polar surface area (TPSA) is 97.0 Å². The zero-order valence-corrected chi connectivity index (χ0v) is 19.7. The second-order valence-corrected chi connectivity index (χ2v) is 9.66. The van der Waals surface area contributed by atoms with Crippen LogP contribution in [0.15, 0.2) is 60.2 Å². The number of rotatable bonds is 6. The molecule has 0 bridgehead atoms. The number of hydrogen-bond donors (Lipinski definition) is 3. The van der Waals surface area contributed by atoms with Crippen LogP contribution in [0, 0.1) is 11.8 Å². The van der Waals surface area contributed by atoms with E-state index in [1.54, 1.807) is 23.7 Å². The Hall–Kier alpha value is -3.31. The maximum atomic E-state index is 10.7. The molecule has 3 heterocycles. The normalized spacial score (nSPS) is 15.6. The maximum Gasteiger partial charge on any atom is 0.162 e. The van der Waals surface area contributed by atoms with Crippen LogP contribution in [0.3, 0.4) is 0 Å². The summed E-state index contributed by atoms with van der Waals surface area (Å²) in [5.41, 5.74) is 9.23. The predicted octanol–water partition coefficient (Wildman–Crippen LogP) is 4.39. The van der Waals surface area contributed by atoms with Crippen molar-refractivity contribution in [1.29, 1.82) is 0 Å². The molecule has 1 fully saturated rings. The van der Waals surface area contributed by atoms with Crippen LogP contribution in [0.4, 0.5) is 5.82 Å². The quantitative estimate of drug-likeness (QED) is 0.362. The average molecular weight is 470 g/mol. The van der Waals surface area contributed by atoms with Crippen molar-refractivity contribution < 1.29 is 5.11 Å². The van der Waals surface area contributed by atoms with Crippen molar-refractivity contribution in [3.8, 4) is 23.2 Å². The summed E-state index contributed by atoms with van der Waals surface area (Å²) in [6.45, 7) is 0.579. The van der Waals surface area contributed by atoms with Gasteiger partial charge in [-0.2, -0.15) is 0 Å². The third kappa shape index (κ3) is 5.10. The number of aromatic nitrogens is 3. The summed E-state index contributed by atoms with van der Waals surface area (Å²) >= 11 is 1.56. The van der Waals surface area contributed by atoms with Crippen LogP contribution in [-0.4, -0.2) is 38.2 Å². The van der Waals surface area contributed by atoms with Gasteiger partial charge in [-0.05, 0) is 49.8 Å². The summed E-state index contributed by atoms with van der Waals surface area (Å²) in [5, 5.41) is 16.1. The minimum Gasteiger partial charge on any atom is -0.378 e. The highest BCUT2D eigenvalue weighted by atomic mass is 32.1. The first kappa shape index (κ1) is 22.5. The van der Waals surface area contributed by atoms with Crippen LogP contribution >= 0.6 is 11.3 Å². The molecule has 1 aromatic carbocycles. The number of nitrogens with one attached hydrogen (secondary N) is 1. The smallest absolute Gasteiger partial charge is 0.162 e. The Morgan fingerprint density at radius 3 is 2.62 bits per heavy atom. The first-order valence-electron chi connectivity index (χ1n) is 11.6. The van der Waals surface area contributed by atoms with Gasteiger partial charge in [-0.15, -0.1) is 11.3 Å². The van der Waals surface area contributed by atoms with Crippen LogP contribution in [0.5, 0.6) is 0 Å². The number of nitrogens with two attached hydrogens (primary N) is 1. The molecule has 6 nitrogen and oxygen atoms in total. The number of anilines is 1. The largest absolute Gasteiger partial charge is 0.378 e. The number of hydrogen-bond acceptors (Lipinski definition) is 7. The Balaban J connectivity index is 1.46. The zero-order valence-electron chi connectivity index (χ0n) is 18.9. The van der Waals surface area contributed by atoms with Gasteiger partial charge in [0.1, 0.15) is 16.9 Å². The van der Waals surface area contributed by atoms with Crippen LogP contribution in [0.1, 0.15) is 36.8 Å². The SMILES string of the molecule is NC(CNc1nc(-c2ccncc2)nc2c(C#CC3(O)CCCC3)csc12)Cc1ccccc1. The van der Waals surface area contributed by atoms with E-state index in [4.69, 9.17) is 15.7 Å². The van der Waals surface area contributed by atoms with Crippen molar-refractivity contribution in [2.45, 2.75) is 43.7 Å². The lowest BCUT2D eigenvalue weighted by molar-refractivity contribution is 0.110. The minimum absolute atomic E-state index is 0.0624. The molecule has 1 atom stereocenters.